The number of carbonyl (C=O) groups excluding carboxylic acids is 1. The first-order valence-corrected chi connectivity index (χ1v) is 10.2. The first kappa shape index (κ1) is 18.7. The monoisotopic (exact) mass is 384 g/mol. The van der Waals surface area contributed by atoms with Gasteiger partial charge in [0.05, 0.1) is 23.8 Å². The molecule has 0 atom stereocenters. The van der Waals surface area contributed by atoms with Crippen LogP contribution in [0.5, 0.6) is 0 Å². The summed E-state index contributed by atoms with van der Waals surface area (Å²) in [6, 6.07) is 14.4. The number of nitrogens with one attached hydrogen (secondary N) is 2. The van der Waals surface area contributed by atoms with Crippen LogP contribution in [0.3, 0.4) is 0 Å². The number of nitrogens with zero attached hydrogens (tertiary/aromatic N) is 2. The molecule has 1 heterocycles. The summed E-state index contributed by atoms with van der Waals surface area (Å²) in [6.07, 6.45) is 6.44. The predicted octanol–water partition coefficient (Wildman–Crippen LogP) is 2.23. The van der Waals surface area contributed by atoms with Gasteiger partial charge in [-0.25, -0.2) is 13.4 Å². The summed E-state index contributed by atoms with van der Waals surface area (Å²) < 4.78 is 27.2. The molecular weight excluding hydrogens is 364 g/mol. The molecule has 0 unspecified atom stereocenters. The number of anilines is 1. The van der Waals surface area contributed by atoms with Crippen molar-refractivity contribution in [2.45, 2.75) is 13.1 Å². The molecule has 0 saturated carbocycles. The summed E-state index contributed by atoms with van der Waals surface area (Å²) in [5.41, 5.74) is 2.62. The summed E-state index contributed by atoms with van der Waals surface area (Å²) >= 11 is 0. The number of hydrogen-bond acceptors (Lipinski definition) is 4. The SMILES string of the molecule is CS(=O)(=O)Nc1ccccc1C(=O)NCc1ccc(Cn2ccnc2)cc1. The summed E-state index contributed by atoms with van der Waals surface area (Å²) in [5, 5.41) is 2.82. The Bertz CT molecular complexity index is 1010. The number of aromatic nitrogens is 2. The first-order chi connectivity index (χ1) is 12.9. The number of imidazole rings is 1. The van der Waals surface area contributed by atoms with Crippen LogP contribution < -0.4 is 10.0 Å². The third-order valence-electron chi connectivity index (χ3n) is 3.87. The zero-order chi connectivity index (χ0) is 19.3. The number of sulfonamides is 1. The van der Waals surface area contributed by atoms with E-state index in [0.717, 1.165) is 23.9 Å². The van der Waals surface area contributed by atoms with E-state index in [1.54, 1.807) is 36.8 Å². The van der Waals surface area contributed by atoms with Crippen molar-refractivity contribution in [3.05, 3.63) is 83.9 Å². The van der Waals surface area contributed by atoms with Crippen LogP contribution >= 0.6 is 0 Å². The standard InChI is InChI=1S/C19H20N4O3S/c1-27(25,26)22-18-5-3-2-4-17(18)19(24)21-12-15-6-8-16(9-7-15)13-23-11-10-20-14-23/h2-11,14,22H,12-13H2,1H3,(H,21,24). The van der Waals surface area contributed by atoms with Crippen molar-refractivity contribution < 1.29 is 13.2 Å². The summed E-state index contributed by atoms with van der Waals surface area (Å²) in [5.74, 6) is -0.343. The molecular formula is C19H20N4O3S. The Morgan fingerprint density at radius 3 is 2.44 bits per heavy atom. The van der Waals surface area contributed by atoms with Crippen LogP contribution in [0.2, 0.25) is 0 Å². The van der Waals surface area contributed by atoms with Crippen molar-refractivity contribution in [3.63, 3.8) is 0 Å². The highest BCUT2D eigenvalue weighted by molar-refractivity contribution is 7.92. The summed E-state index contributed by atoms with van der Waals surface area (Å²) in [4.78, 5) is 16.5. The fourth-order valence-electron chi connectivity index (χ4n) is 2.60. The lowest BCUT2D eigenvalue weighted by Gasteiger charge is -2.11. The Kier molecular flexibility index (Phi) is 5.56. The molecule has 1 aromatic heterocycles. The van der Waals surface area contributed by atoms with Crippen LogP contribution in [0.4, 0.5) is 5.69 Å². The summed E-state index contributed by atoms with van der Waals surface area (Å²) in [6.45, 7) is 1.08. The fraction of sp³-hybridized carbons (Fsp3) is 0.158. The molecule has 2 N–H and O–H groups in total. The molecule has 1 amide bonds. The summed E-state index contributed by atoms with van der Waals surface area (Å²) in [7, 11) is -3.46. The molecule has 0 aliphatic heterocycles. The molecule has 0 spiro atoms. The van der Waals surface area contributed by atoms with Gasteiger partial charge in [-0.2, -0.15) is 0 Å². The number of rotatable bonds is 7. The number of para-hydroxylation sites is 1. The van der Waals surface area contributed by atoms with Gasteiger partial charge in [-0.05, 0) is 23.3 Å². The second-order valence-corrected chi connectivity index (χ2v) is 7.90. The van der Waals surface area contributed by atoms with E-state index >= 15 is 0 Å². The molecule has 3 aromatic rings. The average Bonchev–Trinajstić information content (AvgIpc) is 3.13. The van der Waals surface area contributed by atoms with E-state index in [2.05, 4.69) is 15.0 Å². The third kappa shape index (κ3) is 5.42. The number of hydrogen-bond donors (Lipinski definition) is 2. The van der Waals surface area contributed by atoms with Crippen LogP contribution in [0.25, 0.3) is 0 Å². The molecule has 0 fully saturated rings. The van der Waals surface area contributed by atoms with Gasteiger partial charge in [-0.15, -0.1) is 0 Å². The van der Waals surface area contributed by atoms with Gasteiger partial charge in [0.2, 0.25) is 10.0 Å². The highest BCUT2D eigenvalue weighted by Crippen LogP contribution is 2.16. The lowest BCUT2D eigenvalue weighted by Crippen LogP contribution is -2.24. The van der Waals surface area contributed by atoms with Crippen LogP contribution in [0.15, 0.2) is 67.3 Å². The second-order valence-electron chi connectivity index (χ2n) is 6.15. The van der Waals surface area contributed by atoms with E-state index in [1.807, 2.05) is 35.0 Å². The van der Waals surface area contributed by atoms with Crippen molar-refractivity contribution in [2.24, 2.45) is 0 Å². The lowest BCUT2D eigenvalue weighted by molar-refractivity contribution is 0.0952. The Morgan fingerprint density at radius 1 is 1.07 bits per heavy atom. The fourth-order valence-corrected chi connectivity index (χ4v) is 3.18. The first-order valence-electron chi connectivity index (χ1n) is 8.29. The largest absolute Gasteiger partial charge is 0.348 e. The van der Waals surface area contributed by atoms with Gasteiger partial charge >= 0.3 is 0 Å². The maximum Gasteiger partial charge on any atom is 0.253 e. The van der Waals surface area contributed by atoms with Gasteiger partial charge in [-0.3, -0.25) is 9.52 Å². The minimum absolute atomic E-state index is 0.258. The molecule has 3 rings (SSSR count). The third-order valence-corrected chi connectivity index (χ3v) is 4.46. The molecule has 0 aliphatic carbocycles. The Hall–Kier alpha value is -3.13. The molecule has 7 nitrogen and oxygen atoms in total. The van der Waals surface area contributed by atoms with Crippen molar-refractivity contribution in [2.75, 3.05) is 11.0 Å². The normalized spacial score (nSPS) is 11.1. The molecule has 8 heteroatoms. The topological polar surface area (TPSA) is 93.1 Å². The van der Waals surface area contributed by atoms with E-state index in [0.29, 0.717) is 6.54 Å². The number of benzene rings is 2. The Balaban J connectivity index is 1.62. The number of carbonyl (C=O) groups is 1. The van der Waals surface area contributed by atoms with Crippen LogP contribution in [-0.2, 0) is 23.1 Å². The van der Waals surface area contributed by atoms with Crippen molar-refractivity contribution in [1.29, 1.82) is 0 Å². The second kappa shape index (κ2) is 8.05. The van der Waals surface area contributed by atoms with Crippen molar-refractivity contribution in [3.8, 4) is 0 Å². The molecule has 0 saturated heterocycles. The lowest BCUT2D eigenvalue weighted by atomic mass is 10.1. The minimum Gasteiger partial charge on any atom is -0.348 e. The highest BCUT2D eigenvalue weighted by atomic mass is 32.2. The average molecular weight is 384 g/mol. The molecule has 2 aromatic carbocycles. The Morgan fingerprint density at radius 2 is 1.78 bits per heavy atom. The van der Waals surface area contributed by atoms with Crippen molar-refractivity contribution >= 4 is 21.6 Å². The van der Waals surface area contributed by atoms with E-state index < -0.39 is 10.0 Å². The maximum absolute atomic E-state index is 12.4. The van der Waals surface area contributed by atoms with Gasteiger partial charge in [0, 0.05) is 25.5 Å². The molecule has 0 radical (unpaired) electrons. The molecule has 0 bridgehead atoms. The Labute approximate surface area is 158 Å². The predicted molar refractivity (Wildman–Crippen MR) is 104 cm³/mol. The van der Waals surface area contributed by atoms with Gasteiger partial charge in [0.15, 0.2) is 0 Å². The number of amides is 1. The maximum atomic E-state index is 12.4. The van der Waals surface area contributed by atoms with Gasteiger partial charge in [-0.1, -0.05) is 36.4 Å². The van der Waals surface area contributed by atoms with Crippen molar-refractivity contribution in [1.82, 2.24) is 14.9 Å². The van der Waals surface area contributed by atoms with E-state index in [-0.39, 0.29) is 17.2 Å². The van der Waals surface area contributed by atoms with Gasteiger partial charge < -0.3 is 9.88 Å². The quantitative estimate of drug-likeness (QED) is 0.653. The van der Waals surface area contributed by atoms with E-state index in [4.69, 9.17) is 0 Å². The van der Waals surface area contributed by atoms with E-state index in [9.17, 15) is 13.2 Å². The zero-order valence-electron chi connectivity index (χ0n) is 14.8. The van der Waals surface area contributed by atoms with Crippen LogP contribution in [0, 0.1) is 0 Å². The van der Waals surface area contributed by atoms with Gasteiger partial charge in [0.1, 0.15) is 0 Å². The molecule has 0 aliphatic rings. The smallest absolute Gasteiger partial charge is 0.253 e. The van der Waals surface area contributed by atoms with Crippen LogP contribution in [-0.4, -0.2) is 30.1 Å². The van der Waals surface area contributed by atoms with Crippen LogP contribution in [0.1, 0.15) is 21.5 Å². The molecule has 27 heavy (non-hydrogen) atoms. The van der Waals surface area contributed by atoms with Gasteiger partial charge in [0.25, 0.3) is 5.91 Å². The molecule has 140 valence electrons. The highest BCUT2D eigenvalue weighted by Gasteiger charge is 2.13. The van der Waals surface area contributed by atoms with E-state index in [1.165, 1.54) is 0 Å². The zero-order valence-corrected chi connectivity index (χ0v) is 15.6. The minimum atomic E-state index is -3.46.